The zero-order valence-electron chi connectivity index (χ0n) is 18.1. The number of hydrogen-bond donors (Lipinski definition) is 1. The third kappa shape index (κ3) is 4.91. The second-order valence-corrected chi connectivity index (χ2v) is 8.42. The SMILES string of the molecule is COCCNC(=O)C1Cc2cc(C(F)(F)F)ccc2N2CCN(Cc3ccccc3)CC12. The summed E-state index contributed by atoms with van der Waals surface area (Å²) in [6.45, 7) is 3.67. The highest BCUT2D eigenvalue weighted by atomic mass is 19.4. The summed E-state index contributed by atoms with van der Waals surface area (Å²) < 4.78 is 44.9. The zero-order valence-corrected chi connectivity index (χ0v) is 18.1. The molecule has 2 aliphatic rings. The number of amides is 1. The Morgan fingerprint density at radius 3 is 2.66 bits per heavy atom. The molecule has 8 heteroatoms. The van der Waals surface area contributed by atoms with Crippen molar-refractivity contribution in [2.45, 2.75) is 25.2 Å². The molecule has 2 aliphatic heterocycles. The second-order valence-electron chi connectivity index (χ2n) is 8.42. The molecule has 1 saturated heterocycles. The summed E-state index contributed by atoms with van der Waals surface area (Å²) in [7, 11) is 1.56. The van der Waals surface area contributed by atoms with Gasteiger partial charge in [0.15, 0.2) is 0 Å². The van der Waals surface area contributed by atoms with Gasteiger partial charge in [-0.1, -0.05) is 30.3 Å². The van der Waals surface area contributed by atoms with E-state index in [-0.39, 0.29) is 11.9 Å². The second kappa shape index (κ2) is 9.50. The van der Waals surface area contributed by atoms with Gasteiger partial charge in [-0.25, -0.2) is 0 Å². The Morgan fingerprint density at radius 2 is 1.94 bits per heavy atom. The van der Waals surface area contributed by atoms with E-state index in [4.69, 9.17) is 4.74 Å². The fraction of sp³-hybridized carbons (Fsp3) is 0.458. The maximum absolute atomic E-state index is 13.3. The molecular formula is C24H28F3N3O2. The number of fused-ring (bicyclic) bond motifs is 3. The van der Waals surface area contributed by atoms with Gasteiger partial charge in [0, 0.05) is 45.5 Å². The van der Waals surface area contributed by atoms with Crippen LogP contribution in [0.25, 0.3) is 0 Å². The van der Waals surface area contributed by atoms with Gasteiger partial charge in [0.1, 0.15) is 0 Å². The first-order chi connectivity index (χ1) is 15.4. The summed E-state index contributed by atoms with van der Waals surface area (Å²) in [6, 6.07) is 14.0. The maximum Gasteiger partial charge on any atom is 0.416 e. The van der Waals surface area contributed by atoms with Crippen LogP contribution in [-0.2, 0) is 28.7 Å². The van der Waals surface area contributed by atoms with Gasteiger partial charge in [0.05, 0.1) is 24.1 Å². The summed E-state index contributed by atoms with van der Waals surface area (Å²) in [6.07, 6.45) is -4.12. The Balaban J connectivity index is 1.59. The number of ether oxygens (including phenoxy) is 1. The lowest BCUT2D eigenvalue weighted by Crippen LogP contribution is -2.61. The number of carbonyl (C=O) groups excluding carboxylic acids is 1. The maximum atomic E-state index is 13.3. The van der Waals surface area contributed by atoms with Crippen LogP contribution in [0.5, 0.6) is 0 Å². The summed E-state index contributed by atoms with van der Waals surface area (Å²) in [5.74, 6) is -0.567. The van der Waals surface area contributed by atoms with Crippen molar-refractivity contribution >= 4 is 11.6 Å². The number of anilines is 1. The van der Waals surface area contributed by atoms with Crippen LogP contribution in [-0.4, -0.2) is 56.7 Å². The molecule has 0 aliphatic carbocycles. The topological polar surface area (TPSA) is 44.8 Å². The van der Waals surface area contributed by atoms with Gasteiger partial charge in [-0.15, -0.1) is 0 Å². The van der Waals surface area contributed by atoms with Crippen molar-refractivity contribution in [3.8, 4) is 0 Å². The number of rotatable bonds is 6. The van der Waals surface area contributed by atoms with Gasteiger partial charge in [0.25, 0.3) is 0 Å². The molecule has 0 saturated carbocycles. The Kier molecular flexibility index (Phi) is 6.71. The minimum atomic E-state index is -4.41. The average molecular weight is 448 g/mol. The highest BCUT2D eigenvalue weighted by molar-refractivity contribution is 5.82. The van der Waals surface area contributed by atoms with E-state index in [2.05, 4.69) is 27.2 Å². The van der Waals surface area contributed by atoms with Crippen LogP contribution in [0.4, 0.5) is 18.9 Å². The molecule has 0 spiro atoms. The average Bonchev–Trinajstić information content (AvgIpc) is 2.78. The van der Waals surface area contributed by atoms with Crippen molar-refractivity contribution in [2.24, 2.45) is 5.92 Å². The predicted octanol–water partition coefficient (Wildman–Crippen LogP) is 3.33. The van der Waals surface area contributed by atoms with E-state index in [1.54, 1.807) is 13.2 Å². The molecule has 2 atom stereocenters. The molecular weight excluding hydrogens is 419 g/mol. The van der Waals surface area contributed by atoms with Crippen LogP contribution in [0.1, 0.15) is 16.7 Å². The van der Waals surface area contributed by atoms with Crippen LogP contribution in [0.15, 0.2) is 48.5 Å². The van der Waals surface area contributed by atoms with E-state index >= 15 is 0 Å². The molecule has 2 aromatic rings. The molecule has 0 aromatic heterocycles. The van der Waals surface area contributed by atoms with Gasteiger partial charge >= 0.3 is 6.18 Å². The van der Waals surface area contributed by atoms with Gasteiger partial charge < -0.3 is 15.0 Å². The molecule has 32 heavy (non-hydrogen) atoms. The minimum absolute atomic E-state index is 0.0979. The Hall–Kier alpha value is -2.58. The molecule has 1 amide bonds. The van der Waals surface area contributed by atoms with E-state index in [0.717, 1.165) is 24.8 Å². The number of alkyl halides is 3. The van der Waals surface area contributed by atoms with E-state index in [0.29, 0.717) is 38.2 Å². The lowest BCUT2D eigenvalue weighted by molar-refractivity contribution is -0.137. The Morgan fingerprint density at radius 1 is 1.16 bits per heavy atom. The highest BCUT2D eigenvalue weighted by Gasteiger charge is 2.42. The molecule has 0 radical (unpaired) electrons. The molecule has 5 nitrogen and oxygen atoms in total. The number of hydrogen-bond acceptors (Lipinski definition) is 4. The number of nitrogens with one attached hydrogen (secondary N) is 1. The Bertz CT molecular complexity index is 936. The molecule has 0 bridgehead atoms. The largest absolute Gasteiger partial charge is 0.416 e. The third-order valence-electron chi connectivity index (χ3n) is 6.31. The standard InChI is InChI=1S/C24H28F3N3O2/c1-32-12-9-28-23(31)20-14-18-13-19(24(25,26)27)7-8-21(18)30-11-10-29(16-22(20)30)15-17-5-3-2-4-6-17/h2-8,13,20,22H,9-12,14-16H2,1H3,(H,28,31). The van der Waals surface area contributed by atoms with Crippen LogP contribution < -0.4 is 10.2 Å². The summed E-state index contributed by atoms with van der Waals surface area (Å²) in [5, 5.41) is 2.90. The number of carbonyl (C=O) groups is 1. The van der Waals surface area contributed by atoms with Crippen LogP contribution in [0.3, 0.4) is 0 Å². The normalized spacial score (nSPS) is 21.1. The first kappa shape index (κ1) is 22.6. The number of nitrogens with zero attached hydrogens (tertiary/aromatic N) is 2. The van der Waals surface area contributed by atoms with Gasteiger partial charge in [-0.3, -0.25) is 9.69 Å². The highest BCUT2D eigenvalue weighted by Crippen LogP contribution is 2.39. The molecule has 2 heterocycles. The summed E-state index contributed by atoms with van der Waals surface area (Å²) in [4.78, 5) is 17.5. The first-order valence-corrected chi connectivity index (χ1v) is 10.9. The predicted molar refractivity (Wildman–Crippen MR) is 116 cm³/mol. The minimum Gasteiger partial charge on any atom is -0.383 e. The third-order valence-corrected chi connectivity index (χ3v) is 6.31. The molecule has 2 unspecified atom stereocenters. The van der Waals surface area contributed by atoms with E-state index in [1.807, 2.05) is 18.2 Å². The number of halogens is 3. The zero-order chi connectivity index (χ0) is 22.7. The van der Waals surface area contributed by atoms with Crippen LogP contribution >= 0.6 is 0 Å². The van der Waals surface area contributed by atoms with Gasteiger partial charge in [-0.05, 0) is 35.7 Å². The monoisotopic (exact) mass is 447 g/mol. The number of benzene rings is 2. The molecule has 2 aromatic carbocycles. The summed E-state index contributed by atoms with van der Waals surface area (Å²) in [5.41, 5.74) is 1.92. The van der Waals surface area contributed by atoms with E-state index in [9.17, 15) is 18.0 Å². The first-order valence-electron chi connectivity index (χ1n) is 10.9. The Labute approximate surface area is 186 Å². The van der Waals surface area contributed by atoms with Crippen molar-refractivity contribution in [3.05, 3.63) is 65.2 Å². The van der Waals surface area contributed by atoms with E-state index < -0.39 is 17.7 Å². The lowest BCUT2D eigenvalue weighted by Gasteiger charge is -2.49. The van der Waals surface area contributed by atoms with E-state index in [1.165, 1.54) is 11.6 Å². The van der Waals surface area contributed by atoms with Crippen molar-refractivity contribution in [1.82, 2.24) is 10.2 Å². The van der Waals surface area contributed by atoms with Crippen molar-refractivity contribution in [3.63, 3.8) is 0 Å². The molecule has 1 N–H and O–H groups in total. The molecule has 1 fully saturated rings. The quantitative estimate of drug-likeness (QED) is 0.690. The number of piperazine rings is 1. The van der Waals surface area contributed by atoms with Crippen molar-refractivity contribution in [2.75, 3.05) is 44.8 Å². The van der Waals surface area contributed by atoms with Crippen molar-refractivity contribution in [1.29, 1.82) is 0 Å². The van der Waals surface area contributed by atoms with Gasteiger partial charge in [0.2, 0.25) is 5.91 Å². The lowest BCUT2D eigenvalue weighted by atomic mass is 9.82. The van der Waals surface area contributed by atoms with Crippen molar-refractivity contribution < 1.29 is 22.7 Å². The molecule has 172 valence electrons. The smallest absolute Gasteiger partial charge is 0.383 e. The number of methoxy groups -OCH3 is 1. The van der Waals surface area contributed by atoms with Crippen LogP contribution in [0.2, 0.25) is 0 Å². The fourth-order valence-electron chi connectivity index (χ4n) is 4.75. The fourth-order valence-corrected chi connectivity index (χ4v) is 4.75. The summed E-state index contributed by atoms with van der Waals surface area (Å²) >= 11 is 0. The van der Waals surface area contributed by atoms with Gasteiger partial charge in [-0.2, -0.15) is 13.2 Å². The van der Waals surface area contributed by atoms with Crippen LogP contribution in [0, 0.1) is 5.92 Å². The molecule has 4 rings (SSSR count).